The minimum atomic E-state index is -0.120. The Balaban J connectivity index is 1.77. The van der Waals surface area contributed by atoms with E-state index in [1.165, 1.54) is 5.56 Å². The Kier molecular flexibility index (Phi) is 6.06. The predicted molar refractivity (Wildman–Crippen MR) is 85.7 cm³/mol. The fourth-order valence-corrected chi connectivity index (χ4v) is 2.73. The molecule has 1 N–H and O–H groups in total. The van der Waals surface area contributed by atoms with Gasteiger partial charge >= 0.3 is 0 Å². The fraction of sp³-hybridized carbons (Fsp3) is 0.562. The number of hydrogen-bond donors (Lipinski definition) is 1. The highest BCUT2D eigenvalue weighted by atomic mass is 79.9. The summed E-state index contributed by atoms with van der Waals surface area (Å²) in [5, 5.41) is 2.84. The standard InChI is InChI=1S/C16H22BrNO3/c1-11(2)12-5-6-15(14(17)8-12)21-10-16(19)18-9-13-4-3-7-20-13/h5-6,8,11,13H,3-4,7,9-10H2,1-2H3,(H,18,19)/t13-/m0/s1. The Bertz CT molecular complexity index is 484. The molecule has 1 aromatic carbocycles. The minimum absolute atomic E-state index is 0.0202. The number of hydrogen-bond acceptors (Lipinski definition) is 3. The first-order valence-electron chi connectivity index (χ1n) is 7.37. The second-order valence-electron chi connectivity index (χ2n) is 5.57. The van der Waals surface area contributed by atoms with E-state index in [-0.39, 0.29) is 18.6 Å². The molecule has 0 spiro atoms. The first kappa shape index (κ1) is 16.3. The zero-order valence-electron chi connectivity index (χ0n) is 12.5. The van der Waals surface area contributed by atoms with Crippen LogP contribution in [0.25, 0.3) is 0 Å². The first-order chi connectivity index (χ1) is 10.1. The highest BCUT2D eigenvalue weighted by Crippen LogP contribution is 2.28. The number of amides is 1. The van der Waals surface area contributed by atoms with Crippen molar-refractivity contribution in [3.8, 4) is 5.75 Å². The molecule has 4 nitrogen and oxygen atoms in total. The van der Waals surface area contributed by atoms with Gasteiger partial charge in [0.1, 0.15) is 5.75 Å². The van der Waals surface area contributed by atoms with Gasteiger partial charge in [-0.15, -0.1) is 0 Å². The maximum Gasteiger partial charge on any atom is 0.258 e. The minimum Gasteiger partial charge on any atom is -0.483 e. The molecule has 0 aromatic heterocycles. The van der Waals surface area contributed by atoms with E-state index in [9.17, 15) is 4.79 Å². The predicted octanol–water partition coefficient (Wildman–Crippen LogP) is 3.25. The maximum absolute atomic E-state index is 11.8. The first-order valence-corrected chi connectivity index (χ1v) is 8.16. The van der Waals surface area contributed by atoms with Gasteiger partial charge in [0.15, 0.2) is 6.61 Å². The monoisotopic (exact) mass is 355 g/mol. The van der Waals surface area contributed by atoms with Crippen LogP contribution in [0.5, 0.6) is 5.75 Å². The van der Waals surface area contributed by atoms with Crippen molar-refractivity contribution >= 4 is 21.8 Å². The van der Waals surface area contributed by atoms with Gasteiger partial charge in [-0.25, -0.2) is 0 Å². The number of halogens is 1. The van der Waals surface area contributed by atoms with Crippen LogP contribution in [0.15, 0.2) is 22.7 Å². The molecule has 5 heteroatoms. The third-order valence-corrected chi connectivity index (χ3v) is 4.15. The summed E-state index contributed by atoms with van der Waals surface area (Å²) < 4.78 is 11.9. The SMILES string of the molecule is CC(C)c1ccc(OCC(=O)NC[C@@H]2CCCO2)c(Br)c1. The van der Waals surface area contributed by atoms with E-state index in [2.05, 4.69) is 35.1 Å². The third-order valence-electron chi connectivity index (χ3n) is 3.53. The summed E-state index contributed by atoms with van der Waals surface area (Å²) >= 11 is 3.48. The van der Waals surface area contributed by atoms with Gasteiger partial charge in [0.25, 0.3) is 5.91 Å². The normalized spacial score (nSPS) is 18.0. The summed E-state index contributed by atoms with van der Waals surface area (Å²) in [4.78, 5) is 11.8. The smallest absolute Gasteiger partial charge is 0.258 e. The van der Waals surface area contributed by atoms with Gasteiger partial charge in [-0.05, 0) is 52.4 Å². The Labute approximate surface area is 134 Å². The lowest BCUT2D eigenvalue weighted by atomic mass is 10.0. The van der Waals surface area contributed by atoms with Gasteiger partial charge in [-0.2, -0.15) is 0 Å². The average Bonchev–Trinajstić information content (AvgIpc) is 2.97. The highest BCUT2D eigenvalue weighted by Gasteiger charge is 2.16. The van der Waals surface area contributed by atoms with Crippen molar-refractivity contribution in [2.75, 3.05) is 19.8 Å². The van der Waals surface area contributed by atoms with Crippen LogP contribution in [-0.4, -0.2) is 31.8 Å². The van der Waals surface area contributed by atoms with Crippen molar-refractivity contribution in [2.24, 2.45) is 0 Å². The van der Waals surface area contributed by atoms with E-state index < -0.39 is 0 Å². The van der Waals surface area contributed by atoms with Crippen LogP contribution in [0.1, 0.15) is 38.2 Å². The molecule has 0 bridgehead atoms. The largest absolute Gasteiger partial charge is 0.483 e. The number of benzene rings is 1. The van der Waals surface area contributed by atoms with Gasteiger partial charge in [0.05, 0.1) is 10.6 Å². The molecule has 0 unspecified atom stereocenters. The summed E-state index contributed by atoms with van der Waals surface area (Å²) in [6, 6.07) is 5.95. The van der Waals surface area contributed by atoms with Crippen LogP contribution in [0.2, 0.25) is 0 Å². The summed E-state index contributed by atoms with van der Waals surface area (Å²) in [6.07, 6.45) is 2.25. The van der Waals surface area contributed by atoms with Crippen LogP contribution in [0.3, 0.4) is 0 Å². The zero-order valence-corrected chi connectivity index (χ0v) is 14.1. The second-order valence-corrected chi connectivity index (χ2v) is 6.43. The Hall–Kier alpha value is -1.07. The molecule has 1 saturated heterocycles. The Morgan fingerprint density at radius 2 is 2.33 bits per heavy atom. The molecule has 116 valence electrons. The Morgan fingerprint density at radius 3 is 2.95 bits per heavy atom. The van der Waals surface area contributed by atoms with E-state index >= 15 is 0 Å². The van der Waals surface area contributed by atoms with E-state index in [0.29, 0.717) is 18.2 Å². The lowest BCUT2D eigenvalue weighted by molar-refractivity contribution is -0.123. The molecule has 1 amide bonds. The molecule has 0 aliphatic carbocycles. The van der Waals surface area contributed by atoms with Crippen LogP contribution >= 0.6 is 15.9 Å². The van der Waals surface area contributed by atoms with Crippen molar-refractivity contribution in [3.05, 3.63) is 28.2 Å². The molecule has 0 radical (unpaired) electrons. The van der Waals surface area contributed by atoms with Crippen molar-refractivity contribution in [1.29, 1.82) is 0 Å². The van der Waals surface area contributed by atoms with E-state index in [4.69, 9.17) is 9.47 Å². The van der Waals surface area contributed by atoms with Gasteiger partial charge in [-0.3, -0.25) is 4.79 Å². The summed E-state index contributed by atoms with van der Waals surface area (Å²) in [7, 11) is 0. The lowest BCUT2D eigenvalue weighted by Crippen LogP contribution is -2.35. The number of carbonyl (C=O) groups excluding carboxylic acids is 1. The molecule has 1 aliphatic rings. The van der Waals surface area contributed by atoms with Crippen LogP contribution in [0, 0.1) is 0 Å². The lowest BCUT2D eigenvalue weighted by Gasteiger charge is -2.13. The van der Waals surface area contributed by atoms with Crippen LogP contribution < -0.4 is 10.1 Å². The summed E-state index contributed by atoms with van der Waals surface area (Å²) in [5.74, 6) is 1.03. The summed E-state index contributed by atoms with van der Waals surface area (Å²) in [5.41, 5.74) is 1.23. The van der Waals surface area contributed by atoms with E-state index in [1.807, 2.05) is 18.2 Å². The molecular weight excluding hydrogens is 334 g/mol. The summed E-state index contributed by atoms with van der Waals surface area (Å²) in [6.45, 7) is 5.66. The van der Waals surface area contributed by atoms with Gasteiger partial charge in [0.2, 0.25) is 0 Å². The molecule has 2 rings (SSSR count). The topological polar surface area (TPSA) is 47.6 Å². The van der Waals surface area contributed by atoms with Crippen molar-refractivity contribution in [2.45, 2.75) is 38.7 Å². The maximum atomic E-state index is 11.8. The fourth-order valence-electron chi connectivity index (χ4n) is 2.22. The third kappa shape index (κ3) is 5.00. The average molecular weight is 356 g/mol. The van der Waals surface area contributed by atoms with Crippen molar-refractivity contribution < 1.29 is 14.3 Å². The van der Waals surface area contributed by atoms with Crippen LogP contribution in [0.4, 0.5) is 0 Å². The molecule has 1 heterocycles. The molecule has 0 saturated carbocycles. The molecule has 1 aliphatic heterocycles. The highest BCUT2D eigenvalue weighted by molar-refractivity contribution is 9.10. The number of nitrogens with one attached hydrogen (secondary N) is 1. The van der Waals surface area contributed by atoms with Crippen LogP contribution in [-0.2, 0) is 9.53 Å². The van der Waals surface area contributed by atoms with E-state index in [1.54, 1.807) is 0 Å². The number of carbonyl (C=O) groups is 1. The quantitative estimate of drug-likeness (QED) is 0.851. The molecule has 1 fully saturated rings. The number of ether oxygens (including phenoxy) is 2. The van der Waals surface area contributed by atoms with E-state index in [0.717, 1.165) is 23.9 Å². The van der Waals surface area contributed by atoms with Gasteiger partial charge < -0.3 is 14.8 Å². The van der Waals surface area contributed by atoms with Crippen molar-refractivity contribution in [3.63, 3.8) is 0 Å². The molecule has 1 atom stereocenters. The molecule has 1 aromatic rings. The van der Waals surface area contributed by atoms with Gasteiger partial charge in [-0.1, -0.05) is 19.9 Å². The zero-order chi connectivity index (χ0) is 15.2. The van der Waals surface area contributed by atoms with Crippen molar-refractivity contribution in [1.82, 2.24) is 5.32 Å². The van der Waals surface area contributed by atoms with Gasteiger partial charge in [0, 0.05) is 13.2 Å². The second kappa shape index (κ2) is 7.80. The Morgan fingerprint density at radius 1 is 1.52 bits per heavy atom. The molecule has 21 heavy (non-hydrogen) atoms. The molecular formula is C16H22BrNO3. The number of rotatable bonds is 6.